The first-order valence-corrected chi connectivity index (χ1v) is 9.59. The molecule has 0 radical (unpaired) electrons. The SMILES string of the molecule is [N-]=[N+]=NCCOP(=O)(O)OC[C@H]1O[C@@H](n2cnc3c(=O)[nH]c(N)nc32)C(O)C1O. The third kappa shape index (κ3) is 4.55. The van der Waals surface area contributed by atoms with Gasteiger partial charge in [-0.1, -0.05) is 5.11 Å². The Morgan fingerprint density at radius 3 is 2.93 bits per heavy atom. The number of fused-ring (bicyclic) bond motifs is 1. The van der Waals surface area contributed by atoms with Crippen molar-refractivity contribution in [1.82, 2.24) is 19.5 Å². The normalized spacial score (nSPS) is 26.3. The molecule has 3 rings (SSSR count). The van der Waals surface area contributed by atoms with Crippen molar-refractivity contribution in [3.8, 4) is 0 Å². The van der Waals surface area contributed by atoms with Gasteiger partial charge in [-0.05, 0) is 5.53 Å². The molecule has 0 saturated carbocycles. The van der Waals surface area contributed by atoms with Crippen molar-refractivity contribution in [3.05, 3.63) is 27.1 Å². The van der Waals surface area contributed by atoms with Crippen LogP contribution >= 0.6 is 7.82 Å². The molecule has 3 unspecified atom stereocenters. The van der Waals surface area contributed by atoms with E-state index in [1.165, 1.54) is 10.9 Å². The monoisotopic (exact) mass is 432 g/mol. The van der Waals surface area contributed by atoms with Gasteiger partial charge in [-0.25, -0.2) is 9.55 Å². The number of azide groups is 1. The second-order valence-electron chi connectivity index (χ2n) is 5.87. The van der Waals surface area contributed by atoms with Gasteiger partial charge in [0.1, 0.15) is 18.3 Å². The zero-order valence-electron chi connectivity index (χ0n) is 14.6. The number of ether oxygens (including phenoxy) is 1. The number of phosphoric ester groups is 1. The third-order valence-corrected chi connectivity index (χ3v) is 4.96. The highest BCUT2D eigenvalue weighted by Gasteiger charge is 2.45. The second kappa shape index (κ2) is 8.44. The Balaban J connectivity index is 1.70. The van der Waals surface area contributed by atoms with Crippen LogP contribution in [0.1, 0.15) is 6.23 Å². The number of nitrogens with two attached hydrogens (primary N) is 1. The smallest absolute Gasteiger partial charge is 0.387 e. The number of hydrogen-bond donors (Lipinski definition) is 5. The number of anilines is 1. The van der Waals surface area contributed by atoms with Crippen LogP contribution < -0.4 is 11.3 Å². The Morgan fingerprint density at radius 1 is 1.45 bits per heavy atom. The van der Waals surface area contributed by atoms with Crippen LogP contribution in [0.4, 0.5) is 5.95 Å². The van der Waals surface area contributed by atoms with E-state index in [4.69, 9.17) is 20.5 Å². The molecule has 0 aromatic carbocycles. The Morgan fingerprint density at radius 2 is 2.21 bits per heavy atom. The molecule has 0 bridgehead atoms. The van der Waals surface area contributed by atoms with Crippen LogP contribution in [0.3, 0.4) is 0 Å². The van der Waals surface area contributed by atoms with E-state index in [1.54, 1.807) is 0 Å². The molecule has 0 spiro atoms. The summed E-state index contributed by atoms with van der Waals surface area (Å²) in [5.74, 6) is -0.184. The quantitative estimate of drug-likeness (QED) is 0.109. The minimum Gasteiger partial charge on any atom is -0.387 e. The van der Waals surface area contributed by atoms with E-state index in [9.17, 15) is 24.5 Å². The summed E-state index contributed by atoms with van der Waals surface area (Å²) in [5, 5.41) is 23.6. The topological polar surface area (TPSA) is 244 Å². The first-order valence-electron chi connectivity index (χ1n) is 8.10. The number of H-pyrrole nitrogens is 1. The lowest BCUT2D eigenvalue weighted by atomic mass is 10.1. The van der Waals surface area contributed by atoms with Crippen LogP contribution in [0.5, 0.6) is 0 Å². The highest BCUT2D eigenvalue weighted by atomic mass is 31.2. The maximum atomic E-state index is 11.9. The molecule has 0 amide bonds. The van der Waals surface area contributed by atoms with Gasteiger partial charge in [-0.3, -0.25) is 23.4 Å². The third-order valence-electron chi connectivity index (χ3n) is 3.97. The molecular formula is C12H17N8O8P. The fourth-order valence-corrected chi connectivity index (χ4v) is 3.39. The van der Waals surface area contributed by atoms with Gasteiger partial charge in [0.2, 0.25) is 5.95 Å². The highest BCUT2D eigenvalue weighted by molar-refractivity contribution is 7.47. The molecule has 16 nitrogen and oxygen atoms in total. The van der Waals surface area contributed by atoms with Gasteiger partial charge < -0.3 is 25.6 Å². The molecule has 1 fully saturated rings. The number of nitrogen functional groups attached to an aromatic ring is 1. The summed E-state index contributed by atoms with van der Waals surface area (Å²) in [6.45, 7) is -1.15. The van der Waals surface area contributed by atoms with Crippen molar-refractivity contribution in [2.75, 3.05) is 25.5 Å². The van der Waals surface area contributed by atoms with Gasteiger partial charge in [0, 0.05) is 11.5 Å². The maximum Gasteiger partial charge on any atom is 0.472 e. The molecule has 17 heteroatoms. The van der Waals surface area contributed by atoms with Crippen molar-refractivity contribution >= 4 is 24.9 Å². The molecule has 1 aliphatic heterocycles. The lowest BCUT2D eigenvalue weighted by molar-refractivity contribution is -0.0513. The standard InChI is InChI=1S/C12H17N8O8P/c13-12-17-9-6(10(23)18-12)15-4-20(9)11-8(22)7(21)5(28-11)3-27-29(24,25)26-2-1-16-19-14/h4-5,7-8,11,21-22H,1-3H2,(H,24,25)(H3,13,17,18,23)/t5-,7?,8?,11-/m1/s1. The molecule has 2 aromatic rings. The average molecular weight is 432 g/mol. The van der Waals surface area contributed by atoms with Crippen molar-refractivity contribution in [1.29, 1.82) is 0 Å². The number of imidazole rings is 1. The number of rotatable bonds is 8. The maximum absolute atomic E-state index is 11.9. The molecule has 2 aromatic heterocycles. The predicted molar refractivity (Wildman–Crippen MR) is 94.2 cm³/mol. The van der Waals surface area contributed by atoms with Crippen LogP contribution in [0, 0.1) is 0 Å². The van der Waals surface area contributed by atoms with Crippen LogP contribution in [0.2, 0.25) is 0 Å². The Bertz CT molecular complexity index is 1030. The lowest BCUT2D eigenvalue weighted by Gasteiger charge is -2.17. The number of nitrogens with zero attached hydrogens (tertiary/aromatic N) is 6. The second-order valence-corrected chi connectivity index (χ2v) is 7.33. The zero-order chi connectivity index (χ0) is 21.2. The van der Waals surface area contributed by atoms with E-state index in [2.05, 4.69) is 29.5 Å². The Kier molecular flexibility index (Phi) is 6.16. The summed E-state index contributed by atoms with van der Waals surface area (Å²) in [6.07, 6.45) is -4.26. The van der Waals surface area contributed by atoms with Gasteiger partial charge in [0.05, 0.1) is 19.5 Å². The number of hydrogen-bond acceptors (Lipinski definition) is 11. The van der Waals surface area contributed by atoms with Crippen LogP contribution in [0.25, 0.3) is 21.6 Å². The van der Waals surface area contributed by atoms with E-state index < -0.39 is 44.5 Å². The fourth-order valence-electron chi connectivity index (χ4n) is 2.67. The molecule has 1 saturated heterocycles. The summed E-state index contributed by atoms with van der Waals surface area (Å²) in [7, 11) is -4.51. The summed E-state index contributed by atoms with van der Waals surface area (Å²) in [5.41, 5.74) is 13.0. The van der Waals surface area contributed by atoms with Crippen molar-refractivity contribution in [2.45, 2.75) is 24.5 Å². The summed E-state index contributed by atoms with van der Waals surface area (Å²) >= 11 is 0. The van der Waals surface area contributed by atoms with Crippen molar-refractivity contribution in [3.63, 3.8) is 0 Å². The minimum absolute atomic E-state index is 0.0123. The van der Waals surface area contributed by atoms with Gasteiger partial charge in [-0.15, -0.1) is 0 Å². The number of aromatic nitrogens is 4. The van der Waals surface area contributed by atoms with Gasteiger partial charge >= 0.3 is 7.82 Å². The van der Waals surface area contributed by atoms with E-state index in [0.29, 0.717) is 0 Å². The molecular weight excluding hydrogens is 415 g/mol. The Hall–Kier alpha value is -2.55. The molecule has 6 N–H and O–H groups in total. The number of aliphatic hydroxyl groups is 2. The van der Waals surface area contributed by atoms with E-state index in [0.717, 1.165) is 0 Å². The van der Waals surface area contributed by atoms with E-state index >= 15 is 0 Å². The fraction of sp³-hybridized carbons (Fsp3) is 0.583. The molecule has 5 atom stereocenters. The molecule has 1 aliphatic rings. The lowest BCUT2D eigenvalue weighted by Crippen LogP contribution is -2.33. The zero-order valence-corrected chi connectivity index (χ0v) is 15.5. The minimum atomic E-state index is -4.51. The molecule has 29 heavy (non-hydrogen) atoms. The summed E-state index contributed by atoms with van der Waals surface area (Å²) in [4.78, 5) is 34.0. The van der Waals surface area contributed by atoms with Crippen LogP contribution in [-0.2, 0) is 18.3 Å². The van der Waals surface area contributed by atoms with E-state index in [-0.39, 0.29) is 30.3 Å². The van der Waals surface area contributed by atoms with Gasteiger partial charge in [-0.2, -0.15) is 4.98 Å². The van der Waals surface area contributed by atoms with Gasteiger partial charge in [0.15, 0.2) is 17.4 Å². The first kappa shape index (κ1) is 21.2. The Labute approximate surface area is 161 Å². The van der Waals surface area contributed by atoms with Crippen LogP contribution in [-0.4, -0.2) is 72.7 Å². The molecule has 0 aliphatic carbocycles. The predicted octanol–water partition coefficient (Wildman–Crippen LogP) is -1.24. The average Bonchev–Trinajstić information content (AvgIpc) is 3.19. The van der Waals surface area contributed by atoms with E-state index in [1.807, 2.05) is 0 Å². The van der Waals surface area contributed by atoms with Gasteiger partial charge in [0.25, 0.3) is 5.56 Å². The summed E-state index contributed by atoms with van der Waals surface area (Å²) < 4.78 is 27.8. The van der Waals surface area contributed by atoms with Crippen molar-refractivity contribution in [2.24, 2.45) is 5.11 Å². The number of aliphatic hydroxyl groups excluding tert-OH is 2. The van der Waals surface area contributed by atoms with Crippen LogP contribution in [0.15, 0.2) is 16.2 Å². The highest BCUT2D eigenvalue weighted by Crippen LogP contribution is 2.44. The number of aromatic amines is 1. The number of phosphoric acid groups is 1. The first-order chi connectivity index (χ1) is 13.7. The van der Waals surface area contributed by atoms with Crippen molar-refractivity contribution < 1.29 is 33.5 Å². The number of nitrogens with one attached hydrogen (secondary N) is 1. The molecule has 3 heterocycles. The molecule has 158 valence electrons. The summed E-state index contributed by atoms with van der Waals surface area (Å²) in [6, 6.07) is 0. The largest absolute Gasteiger partial charge is 0.472 e.